The first kappa shape index (κ1) is 24.1. The Balaban J connectivity index is 1.53. The highest BCUT2D eigenvalue weighted by molar-refractivity contribution is 6.07. The van der Waals surface area contributed by atoms with Crippen LogP contribution in [-0.2, 0) is 0 Å². The van der Waals surface area contributed by atoms with Gasteiger partial charge >= 0.3 is 0 Å². The largest absolute Gasteiger partial charge is 0.497 e. The number of amides is 1. The van der Waals surface area contributed by atoms with Crippen LogP contribution in [0.5, 0.6) is 11.5 Å². The molecule has 1 aromatic heterocycles. The number of unbranched alkanes of at least 4 members (excludes halogenated alkanes) is 1. The second-order valence-electron chi connectivity index (χ2n) is 8.39. The molecule has 4 rings (SSSR count). The first-order valence-electron chi connectivity index (χ1n) is 11.9. The van der Waals surface area contributed by atoms with Gasteiger partial charge in [0.15, 0.2) is 0 Å². The maximum absolute atomic E-state index is 13.4. The van der Waals surface area contributed by atoms with E-state index in [-0.39, 0.29) is 11.9 Å². The van der Waals surface area contributed by atoms with Crippen molar-refractivity contribution in [2.75, 3.05) is 19.0 Å². The topological polar surface area (TPSA) is 72.5 Å². The highest BCUT2D eigenvalue weighted by Crippen LogP contribution is 2.25. The summed E-state index contributed by atoms with van der Waals surface area (Å²) in [6, 6.07) is 24.7. The van der Waals surface area contributed by atoms with E-state index in [0.717, 1.165) is 46.5 Å². The molecule has 1 amide bonds. The molecule has 0 aliphatic carbocycles. The number of carbonyl (C=O) groups excluding carboxylic acids is 1. The van der Waals surface area contributed by atoms with Crippen LogP contribution in [0.15, 0.2) is 78.9 Å². The van der Waals surface area contributed by atoms with Crippen molar-refractivity contribution in [1.29, 1.82) is 0 Å². The smallest absolute Gasteiger partial charge is 0.252 e. The van der Waals surface area contributed by atoms with E-state index in [2.05, 4.69) is 17.6 Å². The maximum atomic E-state index is 13.4. The number of para-hydroxylation sites is 1. The lowest BCUT2D eigenvalue weighted by molar-refractivity contribution is 0.0941. The lowest BCUT2D eigenvalue weighted by atomic mass is 10.1. The molecule has 1 heterocycles. The third kappa shape index (κ3) is 6.09. The minimum Gasteiger partial charge on any atom is -0.497 e. The number of pyridine rings is 1. The molecule has 0 aliphatic rings. The Hall–Kier alpha value is -4.06. The summed E-state index contributed by atoms with van der Waals surface area (Å²) >= 11 is 0. The third-order valence-corrected chi connectivity index (χ3v) is 5.82. The van der Waals surface area contributed by atoms with Gasteiger partial charge in [-0.2, -0.15) is 0 Å². The van der Waals surface area contributed by atoms with Crippen molar-refractivity contribution in [3.63, 3.8) is 0 Å². The van der Waals surface area contributed by atoms with Gasteiger partial charge < -0.3 is 20.1 Å². The van der Waals surface area contributed by atoms with Crippen molar-refractivity contribution >= 4 is 28.3 Å². The highest BCUT2D eigenvalue weighted by atomic mass is 16.5. The molecule has 2 N–H and O–H groups in total. The number of methoxy groups -OCH3 is 1. The van der Waals surface area contributed by atoms with E-state index in [9.17, 15) is 4.79 Å². The van der Waals surface area contributed by atoms with E-state index >= 15 is 0 Å². The molecule has 6 nitrogen and oxygen atoms in total. The van der Waals surface area contributed by atoms with Crippen LogP contribution >= 0.6 is 0 Å². The monoisotopic (exact) mass is 469 g/mol. The summed E-state index contributed by atoms with van der Waals surface area (Å²) in [7, 11) is 1.63. The van der Waals surface area contributed by atoms with Crippen molar-refractivity contribution in [2.24, 2.45) is 0 Å². The highest BCUT2D eigenvalue weighted by Gasteiger charge is 2.16. The molecular weight excluding hydrogens is 438 g/mol. The maximum Gasteiger partial charge on any atom is 0.252 e. The molecule has 0 radical (unpaired) electrons. The predicted octanol–water partition coefficient (Wildman–Crippen LogP) is 6.66. The fourth-order valence-corrected chi connectivity index (χ4v) is 3.79. The third-order valence-electron chi connectivity index (χ3n) is 5.82. The molecule has 0 saturated heterocycles. The van der Waals surface area contributed by atoms with E-state index in [1.165, 1.54) is 0 Å². The number of anilines is 2. The summed E-state index contributed by atoms with van der Waals surface area (Å²) in [6.07, 6.45) is 2.13. The average Bonchev–Trinajstić information content (AvgIpc) is 2.89. The number of hydrogen-bond acceptors (Lipinski definition) is 5. The molecule has 0 unspecified atom stereocenters. The number of aromatic nitrogens is 1. The van der Waals surface area contributed by atoms with Gasteiger partial charge in [-0.25, -0.2) is 4.98 Å². The van der Waals surface area contributed by atoms with Crippen molar-refractivity contribution in [3.8, 4) is 11.5 Å². The normalized spacial score (nSPS) is 11.6. The zero-order valence-corrected chi connectivity index (χ0v) is 20.4. The second kappa shape index (κ2) is 11.4. The van der Waals surface area contributed by atoms with E-state index in [0.29, 0.717) is 18.0 Å². The molecule has 4 aromatic rings. The zero-order chi connectivity index (χ0) is 24.6. The molecule has 35 heavy (non-hydrogen) atoms. The molecule has 0 aliphatic heterocycles. The van der Waals surface area contributed by atoms with Gasteiger partial charge in [-0.3, -0.25) is 4.79 Å². The van der Waals surface area contributed by atoms with Crippen LogP contribution in [0.2, 0.25) is 0 Å². The Kier molecular flexibility index (Phi) is 7.83. The summed E-state index contributed by atoms with van der Waals surface area (Å²) in [4.78, 5) is 18.1. The predicted molar refractivity (Wildman–Crippen MR) is 141 cm³/mol. The molecule has 180 valence electrons. The Morgan fingerprint density at radius 2 is 1.69 bits per heavy atom. The van der Waals surface area contributed by atoms with Crippen LogP contribution < -0.4 is 20.1 Å². The van der Waals surface area contributed by atoms with Gasteiger partial charge in [0.05, 0.1) is 30.8 Å². The Labute approximate surface area is 206 Å². The van der Waals surface area contributed by atoms with Crippen molar-refractivity contribution in [1.82, 2.24) is 10.3 Å². The number of rotatable bonds is 10. The van der Waals surface area contributed by atoms with Crippen LogP contribution in [0.4, 0.5) is 11.5 Å². The summed E-state index contributed by atoms with van der Waals surface area (Å²) in [6.45, 7) is 4.83. The fourth-order valence-electron chi connectivity index (χ4n) is 3.79. The first-order valence-corrected chi connectivity index (χ1v) is 11.9. The van der Waals surface area contributed by atoms with E-state index < -0.39 is 0 Å². The number of nitrogens with one attached hydrogen (secondary N) is 2. The standard InChI is InChI=1S/C29H31N3O3/c1-4-5-18-35-24-14-10-21(11-15-24)20(2)30-29(33)26-19-28(32-27-9-7-6-8-25(26)27)31-22-12-16-23(34-3)17-13-22/h6-17,19-20H,4-5,18H2,1-3H3,(H,30,33)(H,31,32)/t20-/m1/s1. The van der Waals surface area contributed by atoms with E-state index in [1.807, 2.05) is 79.7 Å². The molecule has 3 aromatic carbocycles. The molecular formula is C29H31N3O3. The first-order chi connectivity index (χ1) is 17.1. The zero-order valence-electron chi connectivity index (χ0n) is 20.4. The SMILES string of the molecule is CCCCOc1ccc([C@@H](C)NC(=O)c2cc(Nc3ccc(OC)cc3)nc3ccccc23)cc1. The van der Waals surface area contributed by atoms with Crippen LogP contribution in [0.25, 0.3) is 10.9 Å². The van der Waals surface area contributed by atoms with Gasteiger partial charge in [-0.1, -0.05) is 43.7 Å². The van der Waals surface area contributed by atoms with Gasteiger partial charge in [-0.05, 0) is 67.4 Å². The van der Waals surface area contributed by atoms with Crippen molar-refractivity contribution < 1.29 is 14.3 Å². The Morgan fingerprint density at radius 1 is 0.971 bits per heavy atom. The number of carbonyl (C=O) groups is 1. The summed E-state index contributed by atoms with van der Waals surface area (Å²) in [5, 5.41) is 7.23. The molecule has 0 bridgehead atoms. The summed E-state index contributed by atoms with van der Waals surface area (Å²) in [5.74, 6) is 2.06. The van der Waals surface area contributed by atoms with Crippen molar-refractivity contribution in [2.45, 2.75) is 32.7 Å². The number of benzene rings is 3. The lowest BCUT2D eigenvalue weighted by Gasteiger charge is -2.17. The van der Waals surface area contributed by atoms with Gasteiger partial charge in [0.25, 0.3) is 5.91 Å². The molecule has 0 fully saturated rings. The molecule has 0 spiro atoms. The molecule has 0 saturated carbocycles. The van der Waals surface area contributed by atoms with E-state index in [1.54, 1.807) is 13.2 Å². The van der Waals surface area contributed by atoms with Crippen LogP contribution in [0, 0.1) is 0 Å². The van der Waals surface area contributed by atoms with Gasteiger partial charge in [0.1, 0.15) is 17.3 Å². The minimum atomic E-state index is -0.169. The minimum absolute atomic E-state index is 0.155. The summed E-state index contributed by atoms with van der Waals surface area (Å²) in [5.41, 5.74) is 3.18. The van der Waals surface area contributed by atoms with Gasteiger partial charge in [-0.15, -0.1) is 0 Å². The van der Waals surface area contributed by atoms with Gasteiger partial charge in [0, 0.05) is 11.1 Å². The average molecular weight is 470 g/mol. The fraction of sp³-hybridized carbons (Fsp3) is 0.241. The van der Waals surface area contributed by atoms with Gasteiger partial charge in [0.2, 0.25) is 0 Å². The molecule has 6 heteroatoms. The van der Waals surface area contributed by atoms with E-state index in [4.69, 9.17) is 14.5 Å². The number of hydrogen-bond donors (Lipinski definition) is 2. The molecule has 1 atom stereocenters. The summed E-state index contributed by atoms with van der Waals surface area (Å²) < 4.78 is 11.0. The quantitative estimate of drug-likeness (QED) is 0.254. The Bertz CT molecular complexity index is 1270. The van der Waals surface area contributed by atoms with Crippen LogP contribution in [0.3, 0.4) is 0 Å². The Morgan fingerprint density at radius 3 is 2.40 bits per heavy atom. The number of ether oxygens (including phenoxy) is 2. The number of nitrogens with zero attached hydrogens (tertiary/aromatic N) is 1. The lowest BCUT2D eigenvalue weighted by Crippen LogP contribution is -2.27. The number of fused-ring (bicyclic) bond motifs is 1. The second-order valence-corrected chi connectivity index (χ2v) is 8.39. The van der Waals surface area contributed by atoms with Crippen LogP contribution in [-0.4, -0.2) is 24.6 Å². The van der Waals surface area contributed by atoms with Crippen molar-refractivity contribution in [3.05, 3.63) is 90.0 Å². The van der Waals surface area contributed by atoms with Crippen LogP contribution in [0.1, 0.15) is 48.7 Å².